The summed E-state index contributed by atoms with van der Waals surface area (Å²) in [6.45, 7) is -0.430. The van der Waals surface area contributed by atoms with E-state index >= 15 is 0 Å². The first kappa shape index (κ1) is 24.3. The maximum absolute atomic E-state index is 12.7. The van der Waals surface area contributed by atoms with E-state index in [0.29, 0.717) is 22.6 Å². The zero-order valence-corrected chi connectivity index (χ0v) is 19.3. The van der Waals surface area contributed by atoms with Crippen molar-refractivity contribution in [2.24, 2.45) is 0 Å². The topological polar surface area (TPSA) is 131 Å². The molecular formula is C27H23NO8. The third kappa shape index (κ3) is 5.82. The number of phenols is 1. The number of fused-ring (bicyclic) bond motifs is 1. The third-order valence-electron chi connectivity index (χ3n) is 5.43. The summed E-state index contributed by atoms with van der Waals surface area (Å²) in [6.07, 6.45) is 1.66. The summed E-state index contributed by atoms with van der Waals surface area (Å²) in [6, 6.07) is 16.6. The molecule has 1 atom stereocenters. The van der Waals surface area contributed by atoms with Crippen LogP contribution >= 0.6 is 0 Å². The molecular weight excluding hydrogens is 466 g/mol. The molecule has 0 fully saturated rings. The second kappa shape index (κ2) is 10.6. The van der Waals surface area contributed by atoms with Crippen molar-refractivity contribution in [3.8, 4) is 23.0 Å². The number of methoxy groups -OCH3 is 1. The third-order valence-corrected chi connectivity index (χ3v) is 5.43. The van der Waals surface area contributed by atoms with Crippen molar-refractivity contribution in [2.75, 3.05) is 13.7 Å². The van der Waals surface area contributed by atoms with Gasteiger partial charge in [-0.2, -0.15) is 0 Å². The monoisotopic (exact) mass is 489 g/mol. The lowest BCUT2D eigenvalue weighted by Gasteiger charge is -2.15. The van der Waals surface area contributed by atoms with E-state index in [1.807, 2.05) is 0 Å². The number of carbonyl (C=O) groups is 3. The molecule has 0 aliphatic carbocycles. The van der Waals surface area contributed by atoms with Crippen LogP contribution in [0, 0.1) is 0 Å². The number of rotatable bonds is 9. The maximum Gasteiger partial charge on any atom is 0.326 e. The predicted molar refractivity (Wildman–Crippen MR) is 129 cm³/mol. The lowest BCUT2D eigenvalue weighted by atomic mass is 10.1. The van der Waals surface area contributed by atoms with E-state index in [0.717, 1.165) is 5.56 Å². The molecule has 3 aromatic carbocycles. The number of aromatic hydroxyl groups is 1. The van der Waals surface area contributed by atoms with Crippen LogP contribution in [0.2, 0.25) is 0 Å². The van der Waals surface area contributed by atoms with E-state index in [-0.39, 0.29) is 29.5 Å². The molecule has 0 saturated heterocycles. The molecule has 0 aromatic heterocycles. The SMILES string of the molecule is COc1ccc(C=C2Oc3cc(OCC(=O)N[C@@H](Cc4ccc(O)cc4)C(=O)O)ccc3C2=O)cc1. The number of hydrogen-bond acceptors (Lipinski definition) is 7. The van der Waals surface area contributed by atoms with Crippen molar-refractivity contribution >= 4 is 23.7 Å². The van der Waals surface area contributed by atoms with Crippen LogP contribution in [0.1, 0.15) is 21.5 Å². The average molecular weight is 489 g/mol. The van der Waals surface area contributed by atoms with Crippen LogP contribution in [-0.2, 0) is 16.0 Å². The standard InChI is InChI=1S/C27H23NO8/c1-34-19-8-4-17(5-9-19)13-24-26(31)21-11-10-20(14-23(21)36-24)35-15-25(30)28-22(27(32)33)12-16-2-6-18(29)7-3-16/h2-11,13-14,22,29H,12,15H2,1H3,(H,28,30)(H,32,33)/t22-/m0/s1. The number of ether oxygens (including phenoxy) is 3. The van der Waals surface area contributed by atoms with Gasteiger partial charge >= 0.3 is 5.97 Å². The van der Waals surface area contributed by atoms with Gasteiger partial charge in [0.05, 0.1) is 12.7 Å². The molecule has 0 bridgehead atoms. The number of nitrogens with one attached hydrogen (secondary N) is 1. The maximum atomic E-state index is 12.7. The van der Waals surface area contributed by atoms with Crippen LogP contribution in [0.3, 0.4) is 0 Å². The quantitative estimate of drug-likeness (QED) is 0.391. The van der Waals surface area contributed by atoms with Crippen molar-refractivity contribution in [1.82, 2.24) is 5.32 Å². The molecule has 184 valence electrons. The Hall–Kier alpha value is -4.79. The van der Waals surface area contributed by atoms with Crippen LogP contribution in [0.5, 0.6) is 23.0 Å². The van der Waals surface area contributed by atoms with Crippen molar-refractivity contribution in [1.29, 1.82) is 0 Å². The van der Waals surface area contributed by atoms with E-state index in [1.54, 1.807) is 55.7 Å². The minimum atomic E-state index is -1.20. The summed E-state index contributed by atoms with van der Waals surface area (Å²) in [5.74, 6) is -0.601. The molecule has 9 nitrogen and oxygen atoms in total. The van der Waals surface area contributed by atoms with Gasteiger partial charge < -0.3 is 29.7 Å². The van der Waals surface area contributed by atoms with Crippen molar-refractivity contribution in [2.45, 2.75) is 12.5 Å². The van der Waals surface area contributed by atoms with E-state index in [1.165, 1.54) is 24.3 Å². The van der Waals surface area contributed by atoms with Gasteiger partial charge in [0.2, 0.25) is 5.78 Å². The first-order valence-electron chi connectivity index (χ1n) is 11.0. The number of carboxylic acid groups (broad SMARTS) is 1. The van der Waals surface area contributed by atoms with Crippen LogP contribution in [0.15, 0.2) is 72.5 Å². The van der Waals surface area contributed by atoms with Gasteiger partial charge in [-0.25, -0.2) is 4.79 Å². The zero-order chi connectivity index (χ0) is 25.7. The molecule has 9 heteroatoms. The Bertz CT molecular complexity index is 1310. The minimum absolute atomic E-state index is 0.0411. The highest BCUT2D eigenvalue weighted by molar-refractivity contribution is 6.14. The number of carboxylic acids is 1. The van der Waals surface area contributed by atoms with Gasteiger partial charge in [-0.05, 0) is 53.6 Å². The number of allylic oxidation sites excluding steroid dienone is 1. The largest absolute Gasteiger partial charge is 0.508 e. The number of aliphatic carboxylic acids is 1. The number of Topliss-reactive ketones (excluding diaryl/α,β-unsaturated/α-hetero) is 1. The number of carbonyl (C=O) groups excluding carboxylic acids is 2. The second-order valence-corrected chi connectivity index (χ2v) is 7.99. The molecule has 1 amide bonds. The van der Waals surface area contributed by atoms with Gasteiger partial charge in [-0.3, -0.25) is 9.59 Å². The normalized spacial score (nSPS) is 14.0. The molecule has 1 aliphatic rings. The summed E-state index contributed by atoms with van der Waals surface area (Å²) in [5, 5.41) is 21.2. The Labute approximate surface area is 206 Å². The number of ketones is 1. The van der Waals surface area contributed by atoms with Crippen molar-refractivity contribution < 1.29 is 38.8 Å². The molecule has 0 spiro atoms. The van der Waals surface area contributed by atoms with Crippen LogP contribution in [0.4, 0.5) is 0 Å². The molecule has 1 aliphatic heterocycles. The molecule has 36 heavy (non-hydrogen) atoms. The lowest BCUT2D eigenvalue weighted by Crippen LogP contribution is -2.44. The number of phenolic OH excluding ortho intramolecular Hbond substituents is 1. The second-order valence-electron chi connectivity index (χ2n) is 7.99. The van der Waals surface area contributed by atoms with Gasteiger partial charge in [-0.15, -0.1) is 0 Å². The highest BCUT2D eigenvalue weighted by Gasteiger charge is 2.28. The van der Waals surface area contributed by atoms with Gasteiger partial charge in [0.25, 0.3) is 5.91 Å². The van der Waals surface area contributed by atoms with Gasteiger partial charge in [0, 0.05) is 12.5 Å². The summed E-state index contributed by atoms with van der Waals surface area (Å²) >= 11 is 0. The average Bonchev–Trinajstić information content (AvgIpc) is 3.18. The Morgan fingerprint density at radius 1 is 1.03 bits per heavy atom. The lowest BCUT2D eigenvalue weighted by molar-refractivity contribution is -0.142. The van der Waals surface area contributed by atoms with Crippen LogP contribution < -0.4 is 19.5 Å². The van der Waals surface area contributed by atoms with E-state index < -0.39 is 24.5 Å². The molecule has 0 saturated carbocycles. The number of benzene rings is 3. The highest BCUT2D eigenvalue weighted by Crippen LogP contribution is 2.35. The minimum Gasteiger partial charge on any atom is -0.508 e. The summed E-state index contributed by atoms with van der Waals surface area (Å²) in [5.41, 5.74) is 1.77. The number of hydrogen-bond donors (Lipinski definition) is 3. The van der Waals surface area contributed by atoms with Crippen LogP contribution in [0.25, 0.3) is 6.08 Å². The zero-order valence-electron chi connectivity index (χ0n) is 19.3. The Kier molecular flexibility index (Phi) is 7.20. The van der Waals surface area contributed by atoms with E-state index in [4.69, 9.17) is 14.2 Å². The van der Waals surface area contributed by atoms with Crippen molar-refractivity contribution in [3.05, 3.63) is 89.2 Å². The molecule has 3 aromatic rings. The molecule has 3 N–H and O–H groups in total. The molecule has 0 radical (unpaired) electrons. The fraction of sp³-hybridized carbons (Fsp3) is 0.148. The number of amides is 1. The Morgan fingerprint density at radius 3 is 2.39 bits per heavy atom. The van der Waals surface area contributed by atoms with Gasteiger partial charge in [0.1, 0.15) is 29.0 Å². The molecule has 0 unspecified atom stereocenters. The van der Waals surface area contributed by atoms with E-state index in [9.17, 15) is 24.6 Å². The predicted octanol–water partition coefficient (Wildman–Crippen LogP) is 3.21. The van der Waals surface area contributed by atoms with E-state index in [2.05, 4.69) is 5.32 Å². The fourth-order valence-electron chi connectivity index (χ4n) is 3.56. The van der Waals surface area contributed by atoms with Gasteiger partial charge in [0.15, 0.2) is 12.4 Å². The first-order valence-corrected chi connectivity index (χ1v) is 11.0. The highest BCUT2D eigenvalue weighted by atomic mass is 16.5. The smallest absolute Gasteiger partial charge is 0.326 e. The fourth-order valence-corrected chi connectivity index (χ4v) is 3.56. The van der Waals surface area contributed by atoms with Crippen LogP contribution in [-0.4, -0.2) is 47.6 Å². The van der Waals surface area contributed by atoms with Gasteiger partial charge in [-0.1, -0.05) is 24.3 Å². The summed E-state index contributed by atoms with van der Waals surface area (Å²) in [4.78, 5) is 36.6. The molecule has 1 heterocycles. The Balaban J connectivity index is 1.36. The first-order chi connectivity index (χ1) is 17.3. The van der Waals surface area contributed by atoms with Crippen molar-refractivity contribution in [3.63, 3.8) is 0 Å². The summed E-state index contributed by atoms with van der Waals surface area (Å²) in [7, 11) is 1.57. The Morgan fingerprint density at radius 2 is 1.72 bits per heavy atom. The molecule has 4 rings (SSSR count). The summed E-state index contributed by atoms with van der Waals surface area (Å²) < 4.78 is 16.3.